The summed E-state index contributed by atoms with van der Waals surface area (Å²) in [5.74, 6) is 2.23. The van der Waals surface area contributed by atoms with Gasteiger partial charge in [-0.05, 0) is 43.8 Å². The number of carbonyl (C=O) groups excluding carboxylic acids is 1. The first kappa shape index (κ1) is 19.9. The van der Waals surface area contributed by atoms with Crippen LogP contribution in [0.25, 0.3) is 0 Å². The molecule has 2 atom stereocenters. The van der Waals surface area contributed by atoms with Crippen LogP contribution in [0.4, 0.5) is 0 Å². The first-order valence-electron chi connectivity index (χ1n) is 9.39. The minimum absolute atomic E-state index is 0.0599. The van der Waals surface area contributed by atoms with Crippen LogP contribution in [0.5, 0.6) is 0 Å². The van der Waals surface area contributed by atoms with Crippen molar-refractivity contribution in [2.24, 2.45) is 5.92 Å². The van der Waals surface area contributed by atoms with Gasteiger partial charge in [-0.2, -0.15) is 11.8 Å². The van der Waals surface area contributed by atoms with E-state index in [0.29, 0.717) is 11.2 Å². The summed E-state index contributed by atoms with van der Waals surface area (Å²) in [6.07, 6.45) is 15.1. The molecule has 22 heavy (non-hydrogen) atoms. The van der Waals surface area contributed by atoms with Gasteiger partial charge >= 0.3 is 5.97 Å². The van der Waals surface area contributed by atoms with Crippen LogP contribution in [-0.2, 0) is 9.53 Å². The standard InChI is InChI=1S/C19H36O2S/c1-4-6-7-9-12-17-16-19(17,22-15-5-2)14-11-8-10-13-18(20)21-3/h17H,4-16H2,1-3H3/t17-,19-/m0/s1. The summed E-state index contributed by atoms with van der Waals surface area (Å²) >= 11 is 2.24. The normalized spacial score (nSPS) is 23.5. The van der Waals surface area contributed by atoms with Crippen LogP contribution in [0.15, 0.2) is 0 Å². The maximum absolute atomic E-state index is 11.1. The van der Waals surface area contributed by atoms with E-state index in [2.05, 4.69) is 25.6 Å². The van der Waals surface area contributed by atoms with Crippen molar-refractivity contribution in [3.63, 3.8) is 0 Å². The van der Waals surface area contributed by atoms with E-state index >= 15 is 0 Å². The molecule has 0 radical (unpaired) electrons. The summed E-state index contributed by atoms with van der Waals surface area (Å²) in [6.45, 7) is 4.57. The van der Waals surface area contributed by atoms with Crippen molar-refractivity contribution >= 4 is 17.7 Å². The highest BCUT2D eigenvalue weighted by Crippen LogP contribution is 2.59. The van der Waals surface area contributed by atoms with Crippen molar-refractivity contribution in [3.05, 3.63) is 0 Å². The maximum atomic E-state index is 11.1. The Kier molecular flexibility index (Phi) is 10.3. The zero-order valence-corrected chi connectivity index (χ0v) is 15.8. The monoisotopic (exact) mass is 328 g/mol. The number of rotatable bonds is 14. The zero-order valence-electron chi connectivity index (χ0n) is 15.0. The molecule has 0 heterocycles. The number of thioether (sulfide) groups is 1. The lowest BCUT2D eigenvalue weighted by atomic mass is 10.0. The molecule has 0 spiro atoms. The molecule has 1 saturated carbocycles. The molecule has 130 valence electrons. The molecule has 2 nitrogen and oxygen atoms in total. The van der Waals surface area contributed by atoms with Crippen molar-refractivity contribution in [1.29, 1.82) is 0 Å². The average Bonchev–Trinajstić information content (AvgIpc) is 3.22. The number of unbranched alkanes of at least 4 members (excludes halogenated alkanes) is 5. The van der Waals surface area contributed by atoms with Crippen LogP contribution in [0, 0.1) is 5.92 Å². The lowest BCUT2D eigenvalue weighted by molar-refractivity contribution is -0.140. The fourth-order valence-corrected chi connectivity index (χ4v) is 4.95. The third-order valence-corrected chi connectivity index (χ3v) is 6.78. The third kappa shape index (κ3) is 7.39. The van der Waals surface area contributed by atoms with Crippen molar-refractivity contribution in [2.75, 3.05) is 12.9 Å². The van der Waals surface area contributed by atoms with Gasteiger partial charge in [-0.1, -0.05) is 52.4 Å². The highest BCUT2D eigenvalue weighted by molar-refractivity contribution is 8.00. The average molecular weight is 329 g/mol. The molecular formula is C19H36O2S. The number of carbonyl (C=O) groups is 1. The molecule has 0 N–H and O–H groups in total. The Morgan fingerprint density at radius 2 is 1.86 bits per heavy atom. The number of hydrogen-bond acceptors (Lipinski definition) is 3. The Hall–Kier alpha value is -0.180. The molecule has 0 amide bonds. The summed E-state index contributed by atoms with van der Waals surface area (Å²) in [5, 5.41) is 0. The van der Waals surface area contributed by atoms with Crippen LogP contribution < -0.4 is 0 Å². The van der Waals surface area contributed by atoms with Crippen molar-refractivity contribution < 1.29 is 9.53 Å². The van der Waals surface area contributed by atoms with Gasteiger partial charge in [-0.15, -0.1) is 0 Å². The maximum Gasteiger partial charge on any atom is 0.305 e. The molecule has 0 aromatic heterocycles. The van der Waals surface area contributed by atoms with Gasteiger partial charge in [0, 0.05) is 11.2 Å². The summed E-state index contributed by atoms with van der Waals surface area (Å²) in [6, 6.07) is 0. The van der Waals surface area contributed by atoms with E-state index in [4.69, 9.17) is 4.74 Å². The molecule has 3 heteroatoms. The zero-order chi connectivity index (χ0) is 16.3. The Labute approximate surface area is 142 Å². The van der Waals surface area contributed by atoms with E-state index in [1.807, 2.05) is 0 Å². The van der Waals surface area contributed by atoms with Gasteiger partial charge < -0.3 is 4.74 Å². The van der Waals surface area contributed by atoms with Gasteiger partial charge in [0.05, 0.1) is 7.11 Å². The van der Waals surface area contributed by atoms with E-state index in [1.165, 1.54) is 77.1 Å². The van der Waals surface area contributed by atoms with Crippen molar-refractivity contribution in [2.45, 2.75) is 95.6 Å². The molecule has 1 aliphatic rings. The highest BCUT2D eigenvalue weighted by Gasteiger charge is 2.52. The topological polar surface area (TPSA) is 26.3 Å². The van der Waals surface area contributed by atoms with E-state index in [9.17, 15) is 4.79 Å². The first-order chi connectivity index (χ1) is 10.7. The molecule has 0 saturated heterocycles. The van der Waals surface area contributed by atoms with Crippen LogP contribution in [0.3, 0.4) is 0 Å². The Morgan fingerprint density at radius 3 is 2.55 bits per heavy atom. The van der Waals surface area contributed by atoms with Gasteiger partial charge in [0.2, 0.25) is 0 Å². The fraction of sp³-hybridized carbons (Fsp3) is 0.947. The molecule has 1 fully saturated rings. The summed E-state index contributed by atoms with van der Waals surface area (Å²) < 4.78 is 5.31. The minimum Gasteiger partial charge on any atom is -0.469 e. The van der Waals surface area contributed by atoms with E-state index in [-0.39, 0.29) is 5.97 Å². The fourth-order valence-electron chi connectivity index (χ4n) is 3.37. The quantitative estimate of drug-likeness (QED) is 0.290. The molecular weight excluding hydrogens is 292 g/mol. The largest absolute Gasteiger partial charge is 0.469 e. The molecule has 0 aromatic rings. The lowest BCUT2D eigenvalue weighted by Gasteiger charge is -2.17. The lowest BCUT2D eigenvalue weighted by Crippen LogP contribution is -2.09. The molecule has 0 aliphatic heterocycles. The number of esters is 1. The van der Waals surface area contributed by atoms with Crippen LogP contribution in [0.2, 0.25) is 0 Å². The Morgan fingerprint density at radius 1 is 1.09 bits per heavy atom. The second-order valence-electron chi connectivity index (χ2n) is 6.80. The van der Waals surface area contributed by atoms with Gasteiger partial charge in [0.25, 0.3) is 0 Å². The second kappa shape index (κ2) is 11.4. The molecule has 1 rings (SSSR count). The summed E-state index contributed by atoms with van der Waals surface area (Å²) in [7, 11) is 1.48. The first-order valence-corrected chi connectivity index (χ1v) is 10.4. The van der Waals surface area contributed by atoms with E-state index in [0.717, 1.165) is 12.3 Å². The minimum atomic E-state index is -0.0599. The summed E-state index contributed by atoms with van der Waals surface area (Å²) in [5.41, 5.74) is 0. The van der Waals surface area contributed by atoms with Crippen LogP contribution in [-0.4, -0.2) is 23.6 Å². The van der Waals surface area contributed by atoms with Gasteiger partial charge in [-0.3, -0.25) is 4.79 Å². The molecule has 0 aromatic carbocycles. The molecule has 0 bridgehead atoms. The SMILES string of the molecule is CCCCCC[C@H]1C[C@]1(CCCCCC(=O)OC)SCCC. The summed E-state index contributed by atoms with van der Waals surface area (Å²) in [4.78, 5) is 11.1. The van der Waals surface area contributed by atoms with Crippen LogP contribution >= 0.6 is 11.8 Å². The number of ether oxygens (including phenoxy) is 1. The Bertz CT molecular complexity index is 306. The molecule has 1 aliphatic carbocycles. The predicted octanol–water partition coefficient (Wildman–Crippen LogP) is 5.98. The number of methoxy groups -OCH3 is 1. The number of hydrogen-bond donors (Lipinski definition) is 0. The van der Waals surface area contributed by atoms with Crippen LogP contribution in [0.1, 0.15) is 90.9 Å². The third-order valence-electron chi connectivity index (χ3n) is 4.88. The predicted molar refractivity (Wildman–Crippen MR) is 97.4 cm³/mol. The second-order valence-corrected chi connectivity index (χ2v) is 8.31. The van der Waals surface area contributed by atoms with Crippen molar-refractivity contribution in [3.8, 4) is 0 Å². The van der Waals surface area contributed by atoms with Gasteiger partial charge in [0.1, 0.15) is 0 Å². The van der Waals surface area contributed by atoms with E-state index in [1.54, 1.807) is 0 Å². The van der Waals surface area contributed by atoms with Gasteiger partial charge in [0.15, 0.2) is 0 Å². The smallest absolute Gasteiger partial charge is 0.305 e. The Balaban J connectivity index is 2.20. The highest BCUT2D eigenvalue weighted by atomic mass is 32.2. The van der Waals surface area contributed by atoms with Crippen molar-refractivity contribution in [1.82, 2.24) is 0 Å². The molecule has 0 unspecified atom stereocenters. The van der Waals surface area contributed by atoms with Gasteiger partial charge in [-0.25, -0.2) is 0 Å². The van der Waals surface area contributed by atoms with E-state index < -0.39 is 0 Å².